The third-order valence-electron chi connectivity index (χ3n) is 5.31. The SMILES string of the molecule is COc1ccc(CN(C(=O)C(C)C)C(Cc2ccccc2)C(=O)NCCCOC(C)C)cc1. The highest BCUT2D eigenvalue weighted by Gasteiger charge is 2.31. The fraction of sp³-hybridized carbons (Fsp3) is 0.481. The fourth-order valence-electron chi connectivity index (χ4n) is 3.50. The van der Waals surface area contributed by atoms with Crippen molar-refractivity contribution in [3.05, 3.63) is 65.7 Å². The first-order valence-electron chi connectivity index (χ1n) is 11.7. The van der Waals surface area contributed by atoms with Crippen LogP contribution in [0, 0.1) is 5.92 Å². The van der Waals surface area contributed by atoms with Crippen LogP contribution in [0.4, 0.5) is 0 Å². The molecule has 0 bridgehead atoms. The Morgan fingerprint density at radius 1 is 0.939 bits per heavy atom. The first-order chi connectivity index (χ1) is 15.8. The van der Waals surface area contributed by atoms with Gasteiger partial charge in [0, 0.05) is 32.0 Å². The van der Waals surface area contributed by atoms with Crippen molar-refractivity contribution in [1.82, 2.24) is 10.2 Å². The smallest absolute Gasteiger partial charge is 0.243 e. The van der Waals surface area contributed by atoms with E-state index in [9.17, 15) is 9.59 Å². The number of carbonyl (C=O) groups is 2. The number of nitrogens with one attached hydrogen (secondary N) is 1. The Morgan fingerprint density at radius 2 is 1.61 bits per heavy atom. The molecule has 2 rings (SSSR count). The highest BCUT2D eigenvalue weighted by molar-refractivity contribution is 5.88. The minimum Gasteiger partial charge on any atom is -0.497 e. The van der Waals surface area contributed by atoms with Gasteiger partial charge in [-0.15, -0.1) is 0 Å². The second-order valence-corrected chi connectivity index (χ2v) is 8.74. The maximum atomic E-state index is 13.3. The molecule has 1 N–H and O–H groups in total. The van der Waals surface area contributed by atoms with Crippen LogP contribution in [0.2, 0.25) is 0 Å². The molecule has 2 amide bonds. The van der Waals surface area contributed by atoms with Crippen molar-refractivity contribution in [3.8, 4) is 5.75 Å². The Hall–Kier alpha value is -2.86. The summed E-state index contributed by atoms with van der Waals surface area (Å²) in [6.07, 6.45) is 1.33. The van der Waals surface area contributed by atoms with E-state index in [4.69, 9.17) is 9.47 Å². The lowest BCUT2D eigenvalue weighted by atomic mass is 10.0. The summed E-state index contributed by atoms with van der Waals surface area (Å²) in [4.78, 5) is 28.3. The van der Waals surface area contributed by atoms with Gasteiger partial charge >= 0.3 is 0 Å². The molecule has 0 spiro atoms. The average Bonchev–Trinajstić information content (AvgIpc) is 2.81. The van der Waals surface area contributed by atoms with Crippen molar-refractivity contribution < 1.29 is 19.1 Å². The second-order valence-electron chi connectivity index (χ2n) is 8.74. The average molecular weight is 455 g/mol. The highest BCUT2D eigenvalue weighted by Crippen LogP contribution is 2.19. The van der Waals surface area contributed by atoms with Gasteiger partial charge in [0.05, 0.1) is 13.2 Å². The molecular weight excluding hydrogens is 416 g/mol. The highest BCUT2D eigenvalue weighted by atomic mass is 16.5. The van der Waals surface area contributed by atoms with Gasteiger partial charge in [0.15, 0.2) is 0 Å². The predicted octanol–water partition coefficient (Wildman–Crippen LogP) is 4.22. The van der Waals surface area contributed by atoms with Crippen LogP contribution in [-0.2, 0) is 27.3 Å². The molecule has 1 atom stereocenters. The number of hydrogen-bond donors (Lipinski definition) is 1. The third kappa shape index (κ3) is 8.89. The molecule has 6 nitrogen and oxygen atoms in total. The van der Waals surface area contributed by atoms with Crippen molar-refractivity contribution in [2.75, 3.05) is 20.3 Å². The van der Waals surface area contributed by atoms with Crippen molar-refractivity contribution in [1.29, 1.82) is 0 Å². The van der Waals surface area contributed by atoms with E-state index in [2.05, 4.69) is 5.32 Å². The Kier molecular flexibility index (Phi) is 10.9. The molecule has 6 heteroatoms. The molecule has 2 aromatic carbocycles. The summed E-state index contributed by atoms with van der Waals surface area (Å²) in [6.45, 7) is 9.15. The van der Waals surface area contributed by atoms with Crippen LogP contribution in [0.1, 0.15) is 45.2 Å². The Morgan fingerprint density at radius 3 is 2.18 bits per heavy atom. The lowest BCUT2D eigenvalue weighted by Crippen LogP contribution is -2.51. The Balaban J connectivity index is 2.24. The van der Waals surface area contributed by atoms with Gasteiger partial charge in [-0.2, -0.15) is 0 Å². The van der Waals surface area contributed by atoms with Crippen LogP contribution in [0.15, 0.2) is 54.6 Å². The molecule has 2 aromatic rings. The number of rotatable bonds is 13. The van der Waals surface area contributed by atoms with Crippen molar-refractivity contribution in [2.45, 2.75) is 59.2 Å². The largest absolute Gasteiger partial charge is 0.497 e. The quantitative estimate of drug-likeness (QED) is 0.460. The Bertz CT molecular complexity index is 850. The number of carbonyl (C=O) groups excluding carboxylic acids is 2. The van der Waals surface area contributed by atoms with Crippen LogP contribution in [0.25, 0.3) is 0 Å². The van der Waals surface area contributed by atoms with Gasteiger partial charge < -0.3 is 19.7 Å². The fourth-order valence-corrected chi connectivity index (χ4v) is 3.50. The Labute approximate surface area is 198 Å². The monoisotopic (exact) mass is 454 g/mol. The predicted molar refractivity (Wildman–Crippen MR) is 131 cm³/mol. The van der Waals surface area contributed by atoms with E-state index < -0.39 is 6.04 Å². The maximum absolute atomic E-state index is 13.3. The number of amides is 2. The van der Waals surface area contributed by atoms with Gasteiger partial charge in [0.2, 0.25) is 11.8 Å². The molecule has 0 saturated heterocycles. The van der Waals surface area contributed by atoms with Gasteiger partial charge in [-0.05, 0) is 43.5 Å². The zero-order valence-corrected chi connectivity index (χ0v) is 20.5. The molecule has 0 aliphatic heterocycles. The summed E-state index contributed by atoms with van der Waals surface area (Å²) < 4.78 is 10.8. The molecule has 33 heavy (non-hydrogen) atoms. The van der Waals surface area contributed by atoms with E-state index in [1.807, 2.05) is 82.3 Å². The maximum Gasteiger partial charge on any atom is 0.243 e. The molecule has 0 saturated carbocycles. The van der Waals surface area contributed by atoms with Crippen LogP contribution in [0.3, 0.4) is 0 Å². The molecule has 0 fully saturated rings. The van der Waals surface area contributed by atoms with E-state index >= 15 is 0 Å². The van der Waals surface area contributed by atoms with Crippen molar-refractivity contribution >= 4 is 11.8 Å². The van der Waals surface area contributed by atoms with Crippen molar-refractivity contribution in [2.24, 2.45) is 5.92 Å². The van der Waals surface area contributed by atoms with E-state index in [1.54, 1.807) is 12.0 Å². The molecule has 180 valence electrons. The van der Waals surface area contributed by atoms with Crippen LogP contribution in [-0.4, -0.2) is 49.1 Å². The number of ether oxygens (including phenoxy) is 2. The van der Waals surface area contributed by atoms with Gasteiger partial charge in [0.25, 0.3) is 0 Å². The lowest BCUT2D eigenvalue weighted by Gasteiger charge is -2.33. The van der Waals surface area contributed by atoms with E-state index in [-0.39, 0.29) is 23.8 Å². The zero-order chi connectivity index (χ0) is 24.2. The van der Waals surface area contributed by atoms with E-state index in [1.165, 1.54) is 0 Å². The topological polar surface area (TPSA) is 67.9 Å². The molecule has 0 aromatic heterocycles. The minimum atomic E-state index is -0.615. The third-order valence-corrected chi connectivity index (χ3v) is 5.31. The molecule has 1 unspecified atom stereocenters. The normalized spacial score (nSPS) is 12.0. The second kappa shape index (κ2) is 13.6. The van der Waals surface area contributed by atoms with Crippen LogP contribution in [0.5, 0.6) is 5.75 Å². The summed E-state index contributed by atoms with van der Waals surface area (Å²) in [5.74, 6) is 0.326. The number of nitrogens with zero attached hydrogens (tertiary/aromatic N) is 1. The zero-order valence-electron chi connectivity index (χ0n) is 20.5. The minimum absolute atomic E-state index is 0.0509. The van der Waals surface area contributed by atoms with Gasteiger partial charge in [-0.1, -0.05) is 56.3 Å². The number of methoxy groups -OCH3 is 1. The van der Waals surface area contributed by atoms with Crippen molar-refractivity contribution in [3.63, 3.8) is 0 Å². The molecule has 0 aliphatic rings. The number of benzene rings is 2. The van der Waals surface area contributed by atoms with Crippen LogP contribution < -0.4 is 10.1 Å². The first-order valence-corrected chi connectivity index (χ1v) is 11.7. The van der Waals surface area contributed by atoms with Gasteiger partial charge in [0.1, 0.15) is 11.8 Å². The van der Waals surface area contributed by atoms with E-state index in [0.29, 0.717) is 26.1 Å². The molecule has 0 aliphatic carbocycles. The van der Waals surface area contributed by atoms with Gasteiger partial charge in [-0.3, -0.25) is 9.59 Å². The summed E-state index contributed by atoms with van der Waals surface area (Å²) in [5.41, 5.74) is 1.96. The standard InChI is InChI=1S/C27H38N2O4/c1-20(2)27(31)29(19-23-12-14-24(32-5)15-13-23)25(18-22-10-7-6-8-11-22)26(30)28-16-9-17-33-21(3)4/h6-8,10-15,20-21,25H,9,16-19H2,1-5H3,(H,28,30). The van der Waals surface area contributed by atoms with Gasteiger partial charge in [-0.25, -0.2) is 0 Å². The molecular formula is C27H38N2O4. The summed E-state index contributed by atoms with van der Waals surface area (Å²) in [5, 5.41) is 3.02. The first kappa shape index (κ1) is 26.4. The van der Waals surface area contributed by atoms with E-state index in [0.717, 1.165) is 23.3 Å². The summed E-state index contributed by atoms with van der Waals surface area (Å²) in [7, 11) is 1.62. The molecule has 0 heterocycles. The lowest BCUT2D eigenvalue weighted by molar-refractivity contribution is -0.143. The summed E-state index contributed by atoms with van der Waals surface area (Å²) >= 11 is 0. The van der Waals surface area contributed by atoms with Crippen LogP contribution >= 0.6 is 0 Å². The summed E-state index contributed by atoms with van der Waals surface area (Å²) in [6, 6.07) is 16.8. The molecule has 0 radical (unpaired) electrons. The number of hydrogen-bond acceptors (Lipinski definition) is 4.